The van der Waals surface area contributed by atoms with E-state index >= 15 is 0 Å². The van der Waals surface area contributed by atoms with E-state index in [0.717, 1.165) is 16.7 Å². The van der Waals surface area contributed by atoms with Gasteiger partial charge in [0, 0.05) is 22.8 Å². The van der Waals surface area contributed by atoms with E-state index in [9.17, 15) is 4.79 Å². The number of aromatic nitrogens is 3. The lowest BCUT2D eigenvalue weighted by Crippen LogP contribution is -2.19. The highest BCUT2D eigenvalue weighted by molar-refractivity contribution is 6.31. The molecule has 0 unspecified atom stereocenters. The zero-order valence-corrected chi connectivity index (χ0v) is 15.3. The molecule has 0 amide bonds. The van der Waals surface area contributed by atoms with Gasteiger partial charge < -0.3 is 9.09 Å². The van der Waals surface area contributed by atoms with E-state index in [0.29, 0.717) is 28.8 Å². The first-order valence-electron chi connectivity index (χ1n) is 8.45. The molecule has 0 bridgehead atoms. The largest absolute Gasteiger partial charge is 0.334 e. The number of pyridine rings is 1. The fraction of sp³-hybridized carbons (Fsp3) is 0.0952. The maximum atomic E-state index is 12.2. The summed E-state index contributed by atoms with van der Waals surface area (Å²) in [6.07, 6.45) is 1.71. The Kier molecular flexibility index (Phi) is 4.60. The van der Waals surface area contributed by atoms with Crippen LogP contribution in [0.4, 0.5) is 0 Å². The van der Waals surface area contributed by atoms with Gasteiger partial charge in [-0.25, -0.2) is 0 Å². The first-order chi connectivity index (χ1) is 13.1. The molecule has 0 saturated heterocycles. The van der Waals surface area contributed by atoms with Gasteiger partial charge >= 0.3 is 0 Å². The molecule has 6 heteroatoms. The third-order valence-electron chi connectivity index (χ3n) is 4.26. The highest BCUT2D eigenvalue weighted by atomic mass is 35.5. The molecule has 0 N–H and O–H groups in total. The molecule has 0 radical (unpaired) electrons. The molecule has 0 saturated carbocycles. The van der Waals surface area contributed by atoms with E-state index in [2.05, 4.69) is 10.1 Å². The van der Waals surface area contributed by atoms with Crippen molar-refractivity contribution in [1.29, 1.82) is 0 Å². The van der Waals surface area contributed by atoms with E-state index in [-0.39, 0.29) is 5.56 Å². The molecule has 2 aromatic heterocycles. The van der Waals surface area contributed by atoms with Gasteiger partial charge in [0.15, 0.2) is 0 Å². The van der Waals surface area contributed by atoms with E-state index in [1.165, 1.54) is 6.07 Å². The lowest BCUT2D eigenvalue weighted by atomic mass is 10.1. The number of rotatable bonds is 4. The van der Waals surface area contributed by atoms with Gasteiger partial charge in [0.05, 0.1) is 12.1 Å². The topological polar surface area (TPSA) is 60.9 Å². The molecule has 5 nitrogen and oxygen atoms in total. The van der Waals surface area contributed by atoms with Crippen LogP contribution in [0, 0.1) is 6.92 Å². The van der Waals surface area contributed by atoms with Gasteiger partial charge in [0.25, 0.3) is 11.4 Å². The molecule has 0 aliphatic heterocycles. The van der Waals surface area contributed by atoms with Crippen LogP contribution in [0.3, 0.4) is 0 Å². The molecule has 0 aliphatic carbocycles. The zero-order valence-electron chi connectivity index (χ0n) is 14.6. The number of hydrogen-bond donors (Lipinski definition) is 0. The van der Waals surface area contributed by atoms with Gasteiger partial charge in [0.2, 0.25) is 5.82 Å². The Morgan fingerprint density at radius 2 is 1.74 bits per heavy atom. The number of halogens is 1. The maximum Gasteiger partial charge on any atom is 0.259 e. The predicted octanol–water partition coefficient (Wildman–Crippen LogP) is 4.58. The average molecular weight is 378 g/mol. The summed E-state index contributed by atoms with van der Waals surface area (Å²) in [5, 5.41) is 4.67. The molecule has 2 aromatic carbocycles. The lowest BCUT2D eigenvalue weighted by Gasteiger charge is -2.08. The monoisotopic (exact) mass is 377 g/mol. The minimum Gasteiger partial charge on any atom is -0.334 e. The first-order valence-corrected chi connectivity index (χ1v) is 8.83. The summed E-state index contributed by atoms with van der Waals surface area (Å²) in [6, 6.07) is 18.5. The van der Waals surface area contributed by atoms with Crippen molar-refractivity contribution in [3.63, 3.8) is 0 Å². The van der Waals surface area contributed by atoms with Crippen LogP contribution in [-0.2, 0) is 6.54 Å². The number of benzene rings is 2. The third-order valence-corrected chi connectivity index (χ3v) is 4.63. The minimum atomic E-state index is -0.128. The summed E-state index contributed by atoms with van der Waals surface area (Å²) in [5.41, 5.74) is 3.45. The molecular weight excluding hydrogens is 362 g/mol. The Morgan fingerprint density at radius 3 is 2.52 bits per heavy atom. The van der Waals surface area contributed by atoms with Crippen molar-refractivity contribution >= 4 is 11.6 Å². The Morgan fingerprint density at radius 1 is 1.00 bits per heavy atom. The van der Waals surface area contributed by atoms with Crippen LogP contribution in [0.5, 0.6) is 0 Å². The smallest absolute Gasteiger partial charge is 0.259 e. The van der Waals surface area contributed by atoms with Gasteiger partial charge in [0.1, 0.15) is 0 Å². The molecule has 2 heterocycles. The SMILES string of the molecule is Cc1ccc(-c2noc(-c3ccc(=O)n(Cc4ccccc4Cl)c3)n2)cc1. The van der Waals surface area contributed by atoms with Gasteiger partial charge in [-0.2, -0.15) is 4.98 Å². The number of nitrogens with zero attached hydrogens (tertiary/aromatic N) is 3. The van der Waals surface area contributed by atoms with E-state index in [1.807, 2.05) is 49.4 Å². The molecule has 0 spiro atoms. The second-order valence-electron chi connectivity index (χ2n) is 6.26. The van der Waals surface area contributed by atoms with Gasteiger partial charge in [-0.3, -0.25) is 4.79 Å². The summed E-state index contributed by atoms with van der Waals surface area (Å²) in [4.78, 5) is 16.7. The summed E-state index contributed by atoms with van der Waals surface area (Å²) in [7, 11) is 0. The second kappa shape index (κ2) is 7.21. The molecule has 0 aliphatic rings. The summed E-state index contributed by atoms with van der Waals surface area (Å²) >= 11 is 6.21. The Hall–Kier alpha value is -3.18. The van der Waals surface area contributed by atoms with Crippen LogP contribution in [0.15, 0.2) is 76.2 Å². The fourth-order valence-electron chi connectivity index (χ4n) is 2.75. The first kappa shape index (κ1) is 17.2. The molecular formula is C21H16ClN3O2. The minimum absolute atomic E-state index is 0.128. The quantitative estimate of drug-likeness (QED) is 0.522. The molecule has 0 fully saturated rings. The Bertz CT molecular complexity index is 1150. The summed E-state index contributed by atoms with van der Waals surface area (Å²) in [5.74, 6) is 0.868. The lowest BCUT2D eigenvalue weighted by molar-refractivity contribution is 0.432. The van der Waals surface area contributed by atoms with Crippen LogP contribution < -0.4 is 5.56 Å². The van der Waals surface area contributed by atoms with Crippen molar-refractivity contribution in [3.8, 4) is 22.8 Å². The van der Waals surface area contributed by atoms with Crippen molar-refractivity contribution < 1.29 is 4.52 Å². The molecule has 27 heavy (non-hydrogen) atoms. The van der Waals surface area contributed by atoms with Crippen molar-refractivity contribution in [2.75, 3.05) is 0 Å². The third kappa shape index (κ3) is 3.68. The molecule has 134 valence electrons. The van der Waals surface area contributed by atoms with Crippen LogP contribution in [0.1, 0.15) is 11.1 Å². The van der Waals surface area contributed by atoms with Crippen LogP contribution >= 0.6 is 11.6 Å². The zero-order chi connectivity index (χ0) is 18.8. The molecule has 0 atom stereocenters. The highest BCUT2D eigenvalue weighted by Gasteiger charge is 2.12. The number of hydrogen-bond acceptors (Lipinski definition) is 4. The number of aryl methyl sites for hydroxylation is 1. The maximum absolute atomic E-state index is 12.2. The van der Waals surface area contributed by atoms with Crippen LogP contribution in [0.2, 0.25) is 5.02 Å². The standard InChI is InChI=1S/C21H16ClN3O2/c1-14-6-8-15(9-7-14)20-23-21(27-24-20)17-10-11-19(26)25(13-17)12-16-4-2-3-5-18(16)22/h2-11,13H,12H2,1H3. The fourth-order valence-corrected chi connectivity index (χ4v) is 2.95. The second-order valence-corrected chi connectivity index (χ2v) is 6.67. The normalized spacial score (nSPS) is 10.9. The van der Waals surface area contributed by atoms with E-state index < -0.39 is 0 Å². The van der Waals surface area contributed by atoms with Crippen LogP contribution in [-0.4, -0.2) is 14.7 Å². The van der Waals surface area contributed by atoms with Gasteiger partial charge in [-0.1, -0.05) is 64.8 Å². The van der Waals surface area contributed by atoms with E-state index in [1.54, 1.807) is 22.9 Å². The van der Waals surface area contributed by atoms with Crippen molar-refractivity contribution in [1.82, 2.24) is 14.7 Å². The Labute approximate surface area is 160 Å². The Balaban J connectivity index is 1.66. The summed E-state index contributed by atoms with van der Waals surface area (Å²) in [6.45, 7) is 2.39. The van der Waals surface area contributed by atoms with Crippen molar-refractivity contribution in [2.24, 2.45) is 0 Å². The summed E-state index contributed by atoms with van der Waals surface area (Å²) < 4.78 is 6.98. The predicted molar refractivity (Wildman–Crippen MR) is 105 cm³/mol. The average Bonchev–Trinajstić information content (AvgIpc) is 3.16. The molecule has 4 rings (SSSR count). The van der Waals surface area contributed by atoms with E-state index in [4.69, 9.17) is 16.1 Å². The van der Waals surface area contributed by atoms with Gasteiger partial charge in [-0.15, -0.1) is 0 Å². The van der Waals surface area contributed by atoms with Crippen molar-refractivity contribution in [2.45, 2.75) is 13.5 Å². The van der Waals surface area contributed by atoms with Crippen molar-refractivity contribution in [3.05, 3.63) is 93.4 Å². The van der Waals surface area contributed by atoms with Gasteiger partial charge in [-0.05, 0) is 24.6 Å². The van der Waals surface area contributed by atoms with Crippen LogP contribution in [0.25, 0.3) is 22.8 Å². The highest BCUT2D eigenvalue weighted by Crippen LogP contribution is 2.22. The molecule has 4 aromatic rings.